The average molecular weight is 438 g/mol. The maximum absolute atomic E-state index is 12.6. The van der Waals surface area contributed by atoms with Gasteiger partial charge in [0.25, 0.3) is 0 Å². The van der Waals surface area contributed by atoms with Crippen LogP contribution in [0.3, 0.4) is 0 Å². The third-order valence-electron chi connectivity index (χ3n) is 4.92. The van der Waals surface area contributed by atoms with Gasteiger partial charge in [-0.3, -0.25) is 0 Å². The summed E-state index contributed by atoms with van der Waals surface area (Å²) in [4.78, 5) is 16.3. The molecule has 1 aliphatic heterocycles. The molecule has 0 unspecified atom stereocenters. The van der Waals surface area contributed by atoms with Crippen LogP contribution in [0, 0.1) is 0 Å². The number of hydrogen-bond donors (Lipinski definition) is 1. The second-order valence-corrected chi connectivity index (χ2v) is 9.09. The molecule has 9 heteroatoms. The summed E-state index contributed by atoms with van der Waals surface area (Å²) >= 11 is 5.96. The number of piperazine rings is 1. The molecular formula is C20H24ClN3O4S. The van der Waals surface area contributed by atoms with Crippen LogP contribution in [-0.2, 0) is 21.3 Å². The largest absolute Gasteiger partial charge is 0.465 e. The highest BCUT2D eigenvalue weighted by Crippen LogP contribution is 2.22. The first-order valence-electron chi connectivity index (χ1n) is 9.20. The van der Waals surface area contributed by atoms with Crippen LogP contribution in [0.4, 0.5) is 5.69 Å². The number of carbonyl (C=O) groups excluding carboxylic acids is 1. The molecule has 1 aliphatic rings. The van der Waals surface area contributed by atoms with Crippen LogP contribution in [-0.4, -0.2) is 59.6 Å². The van der Waals surface area contributed by atoms with Gasteiger partial charge in [0.2, 0.25) is 10.0 Å². The predicted molar refractivity (Wildman–Crippen MR) is 113 cm³/mol. The number of esters is 1. The lowest BCUT2D eigenvalue weighted by Crippen LogP contribution is -2.44. The van der Waals surface area contributed by atoms with Gasteiger partial charge < -0.3 is 14.5 Å². The Bertz CT molecular complexity index is 972. The first kappa shape index (κ1) is 21.6. The van der Waals surface area contributed by atoms with E-state index in [0.717, 1.165) is 37.4 Å². The fraction of sp³-hybridized carbons (Fsp3) is 0.350. The topological polar surface area (TPSA) is 78.9 Å². The first-order chi connectivity index (χ1) is 13.8. The zero-order valence-electron chi connectivity index (χ0n) is 16.4. The quantitative estimate of drug-likeness (QED) is 0.699. The molecule has 156 valence electrons. The van der Waals surface area contributed by atoms with E-state index in [9.17, 15) is 13.2 Å². The van der Waals surface area contributed by atoms with Crippen molar-refractivity contribution in [2.45, 2.75) is 11.4 Å². The molecule has 2 aromatic rings. The molecule has 0 amide bonds. The summed E-state index contributed by atoms with van der Waals surface area (Å²) in [6.07, 6.45) is 0. The lowest BCUT2D eigenvalue weighted by atomic mass is 10.2. The van der Waals surface area contributed by atoms with Crippen LogP contribution in [0.25, 0.3) is 0 Å². The molecule has 3 rings (SSSR count). The Balaban J connectivity index is 1.67. The number of methoxy groups -OCH3 is 1. The molecule has 1 heterocycles. The standard InChI is InChI=1S/C20H24ClN3O4S/c1-23-9-11-24(12-10-23)16-5-3-15(4-6-16)14-22-29(26,27)17-7-8-19(21)18(13-17)20(25)28-2/h3-8,13,22H,9-12,14H2,1-2H3. The number of sulfonamides is 1. The van der Waals surface area contributed by atoms with E-state index in [-0.39, 0.29) is 22.0 Å². The first-order valence-corrected chi connectivity index (χ1v) is 11.1. The smallest absolute Gasteiger partial charge is 0.339 e. The van der Waals surface area contributed by atoms with E-state index in [1.807, 2.05) is 24.3 Å². The second-order valence-electron chi connectivity index (χ2n) is 6.91. The van der Waals surface area contributed by atoms with Gasteiger partial charge in [-0.25, -0.2) is 17.9 Å². The number of halogens is 1. The highest BCUT2D eigenvalue weighted by Gasteiger charge is 2.19. The molecule has 0 aliphatic carbocycles. The molecule has 0 radical (unpaired) electrons. The van der Waals surface area contributed by atoms with Crippen molar-refractivity contribution in [2.24, 2.45) is 0 Å². The van der Waals surface area contributed by atoms with Crippen molar-refractivity contribution in [1.82, 2.24) is 9.62 Å². The van der Waals surface area contributed by atoms with Gasteiger partial charge in [0, 0.05) is 38.4 Å². The van der Waals surface area contributed by atoms with Gasteiger partial charge in [0.05, 0.1) is 22.6 Å². The zero-order valence-corrected chi connectivity index (χ0v) is 18.0. The average Bonchev–Trinajstić information content (AvgIpc) is 2.73. The van der Waals surface area contributed by atoms with Crippen LogP contribution >= 0.6 is 11.6 Å². The Morgan fingerprint density at radius 3 is 2.38 bits per heavy atom. The van der Waals surface area contributed by atoms with Gasteiger partial charge in [0.1, 0.15) is 0 Å². The van der Waals surface area contributed by atoms with Crippen LogP contribution < -0.4 is 9.62 Å². The van der Waals surface area contributed by atoms with Gasteiger partial charge in [-0.15, -0.1) is 0 Å². The van der Waals surface area contributed by atoms with Crippen LogP contribution in [0.2, 0.25) is 5.02 Å². The molecular weight excluding hydrogens is 414 g/mol. The third kappa shape index (κ3) is 5.27. The summed E-state index contributed by atoms with van der Waals surface area (Å²) in [5, 5.41) is 0.135. The highest BCUT2D eigenvalue weighted by atomic mass is 35.5. The minimum absolute atomic E-state index is 0.00794. The Hall–Kier alpha value is -2.13. The second kappa shape index (κ2) is 9.13. The highest BCUT2D eigenvalue weighted by molar-refractivity contribution is 7.89. The summed E-state index contributed by atoms with van der Waals surface area (Å²) in [6, 6.07) is 11.8. The minimum atomic E-state index is -3.81. The molecule has 0 spiro atoms. The SMILES string of the molecule is COC(=O)c1cc(S(=O)(=O)NCc2ccc(N3CCN(C)CC3)cc2)ccc1Cl. The van der Waals surface area contributed by atoms with Gasteiger partial charge in [-0.1, -0.05) is 23.7 Å². The number of likely N-dealkylation sites (N-methyl/N-ethyl adjacent to an activating group) is 1. The van der Waals surface area contributed by atoms with Gasteiger partial charge in [-0.2, -0.15) is 0 Å². The fourth-order valence-electron chi connectivity index (χ4n) is 3.09. The van der Waals surface area contributed by atoms with E-state index < -0.39 is 16.0 Å². The monoisotopic (exact) mass is 437 g/mol. The predicted octanol–water partition coefficient (Wildman–Crippen LogP) is 2.36. The van der Waals surface area contributed by atoms with Gasteiger partial charge in [-0.05, 0) is 42.9 Å². The maximum Gasteiger partial charge on any atom is 0.339 e. The van der Waals surface area contributed by atoms with E-state index in [2.05, 4.69) is 26.3 Å². The summed E-state index contributed by atoms with van der Waals surface area (Å²) in [5.41, 5.74) is 1.98. The molecule has 7 nitrogen and oxygen atoms in total. The number of nitrogens with zero attached hydrogens (tertiary/aromatic N) is 2. The normalized spacial score (nSPS) is 15.3. The number of rotatable bonds is 6. The Morgan fingerprint density at radius 2 is 1.76 bits per heavy atom. The minimum Gasteiger partial charge on any atom is -0.465 e. The fourth-order valence-corrected chi connectivity index (χ4v) is 4.33. The van der Waals surface area contributed by atoms with Crippen LogP contribution in [0.1, 0.15) is 15.9 Å². The third-order valence-corrected chi connectivity index (χ3v) is 6.65. The summed E-state index contributed by atoms with van der Waals surface area (Å²) < 4.78 is 32.4. The number of hydrogen-bond acceptors (Lipinski definition) is 6. The lowest BCUT2D eigenvalue weighted by Gasteiger charge is -2.34. The zero-order chi connectivity index (χ0) is 21.0. The van der Waals surface area contributed by atoms with Gasteiger partial charge in [0.15, 0.2) is 0 Å². The molecule has 1 fully saturated rings. The molecule has 0 saturated carbocycles. The molecule has 0 aromatic heterocycles. The van der Waals surface area contributed by atoms with E-state index >= 15 is 0 Å². The van der Waals surface area contributed by atoms with E-state index in [0.29, 0.717) is 0 Å². The lowest BCUT2D eigenvalue weighted by molar-refractivity contribution is 0.0600. The van der Waals surface area contributed by atoms with Crippen LogP contribution in [0.15, 0.2) is 47.4 Å². The molecule has 2 aromatic carbocycles. The number of anilines is 1. The van der Waals surface area contributed by atoms with Crippen molar-refractivity contribution in [1.29, 1.82) is 0 Å². The van der Waals surface area contributed by atoms with Crippen molar-refractivity contribution < 1.29 is 17.9 Å². The molecule has 1 N–H and O–H groups in total. The Labute approximate surface area is 176 Å². The molecule has 1 saturated heterocycles. The number of nitrogens with one attached hydrogen (secondary N) is 1. The molecule has 0 bridgehead atoms. The number of benzene rings is 2. The van der Waals surface area contributed by atoms with Crippen molar-refractivity contribution in [3.05, 3.63) is 58.6 Å². The summed E-state index contributed by atoms with van der Waals surface area (Å²) in [7, 11) is -0.484. The van der Waals surface area contributed by atoms with Gasteiger partial charge >= 0.3 is 5.97 Å². The summed E-state index contributed by atoms with van der Waals surface area (Å²) in [5.74, 6) is -0.688. The number of ether oxygens (including phenoxy) is 1. The number of carbonyl (C=O) groups is 1. The molecule has 0 atom stereocenters. The van der Waals surface area contributed by atoms with E-state index in [1.165, 1.54) is 25.3 Å². The maximum atomic E-state index is 12.6. The van der Waals surface area contributed by atoms with E-state index in [1.54, 1.807) is 0 Å². The van der Waals surface area contributed by atoms with Crippen molar-refractivity contribution in [3.63, 3.8) is 0 Å². The Kier molecular flexibility index (Phi) is 6.79. The van der Waals surface area contributed by atoms with E-state index in [4.69, 9.17) is 11.6 Å². The van der Waals surface area contributed by atoms with Crippen molar-refractivity contribution in [3.8, 4) is 0 Å². The molecule has 29 heavy (non-hydrogen) atoms. The Morgan fingerprint density at radius 1 is 1.10 bits per heavy atom. The van der Waals surface area contributed by atoms with Crippen molar-refractivity contribution in [2.75, 3.05) is 45.2 Å². The summed E-state index contributed by atoms with van der Waals surface area (Å²) in [6.45, 7) is 4.14. The van der Waals surface area contributed by atoms with Crippen LogP contribution in [0.5, 0.6) is 0 Å². The van der Waals surface area contributed by atoms with Crippen molar-refractivity contribution >= 4 is 33.3 Å².